The summed E-state index contributed by atoms with van der Waals surface area (Å²) >= 11 is 0. The smallest absolute Gasteiger partial charge is 0.178 e. The van der Waals surface area contributed by atoms with Gasteiger partial charge in [-0.05, 0) is 17.2 Å². The second kappa shape index (κ2) is 4.63. The normalized spacial score (nSPS) is 14.5. The van der Waals surface area contributed by atoms with Crippen LogP contribution in [-0.2, 0) is 19.1 Å². The van der Waals surface area contributed by atoms with Crippen molar-refractivity contribution in [2.24, 2.45) is 7.05 Å². The molecular weight excluding hydrogens is 216 g/mol. The van der Waals surface area contributed by atoms with Gasteiger partial charge in [0.1, 0.15) is 0 Å². The molecule has 2 rings (SSSR count). The van der Waals surface area contributed by atoms with E-state index in [4.69, 9.17) is 0 Å². The lowest BCUT2D eigenvalue weighted by Gasteiger charge is -2.25. The van der Waals surface area contributed by atoms with Gasteiger partial charge >= 0.3 is 0 Å². The van der Waals surface area contributed by atoms with E-state index in [1.165, 1.54) is 4.80 Å². The van der Waals surface area contributed by atoms with Gasteiger partial charge in [-0.1, -0.05) is 37.3 Å². The van der Waals surface area contributed by atoms with E-state index in [1.807, 2.05) is 37.3 Å². The monoisotopic (exact) mass is 232 g/mol. The van der Waals surface area contributed by atoms with Crippen molar-refractivity contribution in [3.05, 3.63) is 41.7 Å². The van der Waals surface area contributed by atoms with Gasteiger partial charge in [-0.2, -0.15) is 4.80 Å². The third-order valence-corrected chi connectivity index (χ3v) is 2.90. The quantitative estimate of drug-likeness (QED) is 0.855. The van der Waals surface area contributed by atoms with Crippen LogP contribution in [0, 0.1) is 0 Å². The average Bonchev–Trinajstić information content (AvgIpc) is 2.75. The molecule has 0 saturated heterocycles. The Bertz CT molecular complexity index is 482. The minimum absolute atomic E-state index is 0.376. The van der Waals surface area contributed by atoms with Crippen molar-refractivity contribution >= 4 is 0 Å². The third kappa shape index (κ3) is 2.50. The number of benzene rings is 1. The third-order valence-electron chi connectivity index (χ3n) is 2.90. The molecule has 5 nitrogen and oxygen atoms in total. The highest BCUT2D eigenvalue weighted by atomic mass is 16.3. The molecule has 0 aliphatic rings. The zero-order valence-corrected chi connectivity index (χ0v) is 10.0. The first kappa shape index (κ1) is 11.7. The van der Waals surface area contributed by atoms with Crippen LogP contribution in [0.5, 0.6) is 0 Å². The number of rotatable bonds is 4. The fourth-order valence-electron chi connectivity index (χ4n) is 1.84. The maximum absolute atomic E-state index is 10.6. The molecule has 90 valence electrons. The van der Waals surface area contributed by atoms with E-state index in [1.54, 1.807) is 7.05 Å². The Morgan fingerprint density at radius 3 is 2.53 bits per heavy atom. The van der Waals surface area contributed by atoms with Crippen LogP contribution in [0.25, 0.3) is 0 Å². The number of hydrogen-bond acceptors (Lipinski definition) is 4. The molecule has 1 N–H and O–H groups in total. The first-order chi connectivity index (χ1) is 8.14. The van der Waals surface area contributed by atoms with Crippen molar-refractivity contribution in [2.75, 3.05) is 0 Å². The average molecular weight is 232 g/mol. The largest absolute Gasteiger partial charge is 0.385 e. The minimum Gasteiger partial charge on any atom is -0.385 e. The van der Waals surface area contributed by atoms with Gasteiger partial charge in [0.05, 0.1) is 12.6 Å². The van der Waals surface area contributed by atoms with E-state index < -0.39 is 5.60 Å². The van der Waals surface area contributed by atoms with Crippen molar-refractivity contribution < 1.29 is 5.11 Å². The summed E-state index contributed by atoms with van der Waals surface area (Å²) in [6, 6.07) is 9.60. The molecule has 0 fully saturated rings. The molecule has 1 heterocycles. The van der Waals surface area contributed by atoms with Gasteiger partial charge in [0, 0.05) is 6.42 Å². The molecule has 5 heteroatoms. The van der Waals surface area contributed by atoms with E-state index in [-0.39, 0.29) is 0 Å². The summed E-state index contributed by atoms with van der Waals surface area (Å²) < 4.78 is 0. The lowest BCUT2D eigenvalue weighted by molar-refractivity contribution is 0.0306. The Labute approximate surface area is 100 Å². The SMILES string of the molecule is CCC(O)(Cc1nnn(C)n1)c1ccccc1. The first-order valence-corrected chi connectivity index (χ1v) is 5.65. The predicted molar refractivity (Wildman–Crippen MR) is 63.1 cm³/mol. The van der Waals surface area contributed by atoms with Crippen LogP contribution >= 0.6 is 0 Å². The van der Waals surface area contributed by atoms with Crippen LogP contribution in [0.4, 0.5) is 0 Å². The number of tetrazole rings is 1. The van der Waals surface area contributed by atoms with E-state index in [2.05, 4.69) is 15.4 Å². The minimum atomic E-state index is -0.926. The molecule has 1 atom stereocenters. The molecule has 0 bridgehead atoms. The van der Waals surface area contributed by atoms with Gasteiger partial charge in [0.2, 0.25) is 0 Å². The van der Waals surface area contributed by atoms with Gasteiger partial charge in [0.15, 0.2) is 5.82 Å². The summed E-state index contributed by atoms with van der Waals surface area (Å²) in [6.45, 7) is 1.95. The summed E-state index contributed by atoms with van der Waals surface area (Å²) in [5.41, 5.74) is -0.0421. The summed E-state index contributed by atoms with van der Waals surface area (Å²) in [7, 11) is 1.71. The highest BCUT2D eigenvalue weighted by Crippen LogP contribution is 2.27. The fraction of sp³-hybridized carbons (Fsp3) is 0.417. The Balaban J connectivity index is 2.26. The Morgan fingerprint density at radius 1 is 1.29 bits per heavy atom. The van der Waals surface area contributed by atoms with Crippen molar-refractivity contribution in [3.63, 3.8) is 0 Å². The molecule has 1 unspecified atom stereocenters. The standard InChI is InChI=1S/C12H16N4O/c1-3-12(17,10-7-5-4-6-8-10)9-11-13-15-16(2)14-11/h4-8,17H,3,9H2,1-2H3. The molecule has 0 amide bonds. The fourth-order valence-corrected chi connectivity index (χ4v) is 1.84. The second-order valence-corrected chi connectivity index (χ2v) is 4.12. The number of aromatic nitrogens is 4. The predicted octanol–water partition coefficient (Wildman–Crippen LogP) is 1.05. The summed E-state index contributed by atoms with van der Waals surface area (Å²) in [5.74, 6) is 0.556. The van der Waals surface area contributed by atoms with Crippen molar-refractivity contribution in [1.82, 2.24) is 20.2 Å². The zero-order chi connectivity index (χ0) is 12.3. The van der Waals surface area contributed by atoms with Crippen LogP contribution in [0.3, 0.4) is 0 Å². The maximum atomic E-state index is 10.6. The Hall–Kier alpha value is -1.75. The lowest BCUT2D eigenvalue weighted by atomic mass is 9.88. The number of aliphatic hydroxyl groups is 1. The van der Waals surface area contributed by atoms with Crippen molar-refractivity contribution in [2.45, 2.75) is 25.4 Å². The Kier molecular flexibility index (Phi) is 3.19. The molecule has 1 aromatic heterocycles. The summed E-state index contributed by atoms with van der Waals surface area (Å²) in [5, 5.41) is 22.4. The topological polar surface area (TPSA) is 63.8 Å². The summed E-state index contributed by atoms with van der Waals surface area (Å²) in [4.78, 5) is 1.40. The molecule has 0 saturated carbocycles. The number of hydrogen-bond donors (Lipinski definition) is 1. The van der Waals surface area contributed by atoms with Crippen LogP contribution in [-0.4, -0.2) is 25.3 Å². The molecule has 2 aromatic rings. The van der Waals surface area contributed by atoms with Crippen LogP contribution < -0.4 is 0 Å². The first-order valence-electron chi connectivity index (χ1n) is 5.65. The van der Waals surface area contributed by atoms with E-state index in [0.29, 0.717) is 18.7 Å². The highest BCUT2D eigenvalue weighted by molar-refractivity contribution is 5.23. The number of nitrogens with zero attached hydrogens (tertiary/aromatic N) is 4. The number of aryl methyl sites for hydroxylation is 1. The molecule has 0 radical (unpaired) electrons. The maximum Gasteiger partial charge on any atom is 0.178 e. The van der Waals surface area contributed by atoms with Gasteiger partial charge < -0.3 is 5.11 Å². The van der Waals surface area contributed by atoms with Gasteiger partial charge in [0.25, 0.3) is 0 Å². The van der Waals surface area contributed by atoms with Gasteiger partial charge in [-0.3, -0.25) is 0 Å². The molecule has 0 aliphatic heterocycles. The van der Waals surface area contributed by atoms with Gasteiger partial charge in [-0.25, -0.2) is 0 Å². The van der Waals surface area contributed by atoms with Crippen molar-refractivity contribution in [3.8, 4) is 0 Å². The molecule has 0 spiro atoms. The van der Waals surface area contributed by atoms with Crippen LogP contribution in [0.1, 0.15) is 24.7 Å². The van der Waals surface area contributed by atoms with E-state index in [9.17, 15) is 5.11 Å². The van der Waals surface area contributed by atoms with E-state index in [0.717, 1.165) is 5.56 Å². The second-order valence-electron chi connectivity index (χ2n) is 4.12. The van der Waals surface area contributed by atoms with E-state index >= 15 is 0 Å². The zero-order valence-electron chi connectivity index (χ0n) is 10.0. The molecular formula is C12H16N4O. The van der Waals surface area contributed by atoms with Crippen molar-refractivity contribution in [1.29, 1.82) is 0 Å². The molecule has 0 aliphatic carbocycles. The van der Waals surface area contributed by atoms with Gasteiger partial charge in [-0.15, -0.1) is 10.2 Å². The Morgan fingerprint density at radius 2 is 2.00 bits per heavy atom. The van der Waals surface area contributed by atoms with Crippen LogP contribution in [0.2, 0.25) is 0 Å². The molecule has 1 aromatic carbocycles. The van der Waals surface area contributed by atoms with Crippen LogP contribution in [0.15, 0.2) is 30.3 Å². The highest BCUT2D eigenvalue weighted by Gasteiger charge is 2.29. The lowest BCUT2D eigenvalue weighted by Crippen LogP contribution is -2.28. The molecule has 17 heavy (non-hydrogen) atoms. The summed E-state index contributed by atoms with van der Waals surface area (Å²) in [6.07, 6.45) is 0.983.